The topological polar surface area (TPSA) is 84.5 Å². The lowest BCUT2D eigenvalue weighted by molar-refractivity contribution is 0.122. The summed E-state index contributed by atoms with van der Waals surface area (Å²) in [5, 5.41) is 7.56. The molecule has 0 radical (unpaired) electrons. The van der Waals surface area contributed by atoms with Gasteiger partial charge in [-0.2, -0.15) is 5.90 Å². The van der Waals surface area contributed by atoms with Crippen LogP contribution < -0.4 is 10.8 Å². The molecular weight excluding hydrogens is 258 g/mol. The van der Waals surface area contributed by atoms with Crippen LogP contribution in [0.3, 0.4) is 0 Å². The molecule has 0 unspecified atom stereocenters. The fourth-order valence-corrected chi connectivity index (χ4v) is 1.86. The van der Waals surface area contributed by atoms with Crippen LogP contribution in [-0.2, 0) is 9.57 Å². The lowest BCUT2D eigenvalue weighted by Crippen LogP contribution is -2.37. The summed E-state index contributed by atoms with van der Waals surface area (Å²) >= 11 is 0. The smallest absolute Gasteiger partial charge is 0.265 e. The van der Waals surface area contributed by atoms with Crippen molar-refractivity contribution in [3.05, 3.63) is 23.5 Å². The number of hydrogen-bond acceptors (Lipinski definition) is 6. The Morgan fingerprint density at radius 1 is 1.47 bits per heavy atom. The largest absolute Gasteiger partial charge is 0.389 e. The van der Waals surface area contributed by atoms with Crippen molar-refractivity contribution in [1.29, 1.82) is 5.41 Å². The van der Waals surface area contributed by atoms with Gasteiger partial charge < -0.3 is 14.5 Å². The van der Waals surface area contributed by atoms with Crippen LogP contribution in [0.5, 0.6) is 0 Å². The van der Waals surface area contributed by atoms with Crippen molar-refractivity contribution in [1.82, 2.24) is 4.98 Å². The number of nitrogens with zero attached hydrogens (tertiary/aromatic N) is 2. The highest BCUT2D eigenvalue weighted by atomic mass is 19.3. The molecule has 2 rings (SSSR count). The molecule has 3 N–H and O–H groups in total. The number of anilines is 1. The minimum atomic E-state index is -2.62. The number of ether oxygens (including phenoxy) is 1. The van der Waals surface area contributed by atoms with Crippen LogP contribution in [-0.4, -0.2) is 37.2 Å². The molecule has 1 aromatic heterocycles. The molecule has 1 fully saturated rings. The van der Waals surface area contributed by atoms with Crippen molar-refractivity contribution < 1.29 is 18.4 Å². The summed E-state index contributed by atoms with van der Waals surface area (Å²) in [6.45, 7) is 2.07. The molecule has 0 spiro atoms. The highest BCUT2D eigenvalue weighted by Crippen LogP contribution is 2.27. The quantitative estimate of drug-likeness (QED) is 0.488. The van der Waals surface area contributed by atoms with Gasteiger partial charge in [-0.05, 0) is 6.07 Å². The van der Waals surface area contributed by atoms with E-state index in [-0.39, 0.29) is 17.2 Å². The van der Waals surface area contributed by atoms with E-state index >= 15 is 0 Å². The lowest BCUT2D eigenvalue weighted by atomic mass is 10.2. The number of nitrogens with one attached hydrogen (secondary N) is 1. The Labute approximate surface area is 108 Å². The first-order chi connectivity index (χ1) is 9.13. The number of halogens is 2. The third kappa shape index (κ3) is 2.96. The number of hydrogen-bond donors (Lipinski definition) is 2. The fraction of sp³-hybridized carbons (Fsp3) is 0.455. The first kappa shape index (κ1) is 13.6. The standard InChI is InChI=1S/C11H14F2N4O2/c12-10(13)7-5-8(17-1-3-18-4-2-17)9(16-6-7)11(14)19-15/h5-6,10,14H,1-4,15H2. The second-order valence-corrected chi connectivity index (χ2v) is 3.98. The van der Waals surface area contributed by atoms with Gasteiger partial charge in [-0.25, -0.2) is 13.8 Å². The Kier molecular flexibility index (Phi) is 4.23. The zero-order valence-corrected chi connectivity index (χ0v) is 10.1. The number of pyridine rings is 1. The first-order valence-corrected chi connectivity index (χ1v) is 5.70. The van der Waals surface area contributed by atoms with Gasteiger partial charge in [0, 0.05) is 24.8 Å². The summed E-state index contributed by atoms with van der Waals surface area (Å²) < 4.78 is 30.7. The lowest BCUT2D eigenvalue weighted by Gasteiger charge is -2.30. The number of nitrogens with two attached hydrogens (primary N) is 1. The Hall–Kier alpha value is -1.80. The van der Waals surface area contributed by atoms with Crippen molar-refractivity contribution in [2.24, 2.45) is 5.90 Å². The van der Waals surface area contributed by atoms with Crippen molar-refractivity contribution in [2.75, 3.05) is 31.2 Å². The molecule has 8 heteroatoms. The summed E-state index contributed by atoms with van der Waals surface area (Å²) in [4.78, 5) is 10.0. The molecule has 0 aromatic carbocycles. The maximum atomic E-state index is 12.7. The second-order valence-electron chi connectivity index (χ2n) is 3.98. The van der Waals surface area contributed by atoms with Gasteiger partial charge in [0.1, 0.15) is 5.69 Å². The van der Waals surface area contributed by atoms with Crippen LogP contribution in [0, 0.1) is 5.41 Å². The van der Waals surface area contributed by atoms with Gasteiger partial charge in [-0.15, -0.1) is 0 Å². The highest BCUT2D eigenvalue weighted by molar-refractivity contribution is 5.95. The summed E-state index contributed by atoms with van der Waals surface area (Å²) in [5.41, 5.74) is 0.361. The Balaban J connectivity index is 2.39. The van der Waals surface area contributed by atoms with Gasteiger partial charge >= 0.3 is 0 Å². The Bertz CT molecular complexity index is 464. The van der Waals surface area contributed by atoms with E-state index in [4.69, 9.17) is 16.0 Å². The highest BCUT2D eigenvalue weighted by Gasteiger charge is 2.21. The number of rotatable bonds is 3. The van der Waals surface area contributed by atoms with E-state index in [1.807, 2.05) is 4.90 Å². The van der Waals surface area contributed by atoms with Crippen molar-refractivity contribution >= 4 is 11.6 Å². The van der Waals surface area contributed by atoms with Gasteiger partial charge in [0.25, 0.3) is 12.3 Å². The van der Waals surface area contributed by atoms with E-state index in [2.05, 4.69) is 9.82 Å². The maximum absolute atomic E-state index is 12.7. The molecule has 19 heavy (non-hydrogen) atoms. The van der Waals surface area contributed by atoms with Crippen LogP contribution in [0.15, 0.2) is 12.3 Å². The zero-order chi connectivity index (χ0) is 13.8. The Morgan fingerprint density at radius 2 is 2.16 bits per heavy atom. The predicted molar refractivity (Wildman–Crippen MR) is 64.3 cm³/mol. The van der Waals surface area contributed by atoms with E-state index in [0.29, 0.717) is 32.0 Å². The molecule has 2 heterocycles. The minimum Gasteiger partial charge on any atom is -0.389 e. The molecular formula is C11H14F2N4O2. The average Bonchev–Trinajstić information content (AvgIpc) is 2.46. The molecule has 0 saturated carbocycles. The molecule has 0 bridgehead atoms. The van der Waals surface area contributed by atoms with E-state index in [0.717, 1.165) is 6.20 Å². The molecule has 104 valence electrons. The normalized spacial score (nSPS) is 15.7. The molecule has 0 amide bonds. The third-order valence-corrected chi connectivity index (χ3v) is 2.83. The van der Waals surface area contributed by atoms with Crippen molar-refractivity contribution in [3.63, 3.8) is 0 Å². The Morgan fingerprint density at radius 3 is 2.74 bits per heavy atom. The minimum absolute atomic E-state index is 0.147. The van der Waals surface area contributed by atoms with E-state index in [9.17, 15) is 8.78 Å². The van der Waals surface area contributed by atoms with Crippen LogP contribution in [0.25, 0.3) is 0 Å². The first-order valence-electron chi connectivity index (χ1n) is 5.70. The van der Waals surface area contributed by atoms with Gasteiger partial charge in [0.15, 0.2) is 0 Å². The SMILES string of the molecule is N=C(ON)c1ncc(C(F)F)cc1N1CCOCC1. The molecule has 1 aliphatic heterocycles. The van der Waals surface area contributed by atoms with E-state index < -0.39 is 6.43 Å². The summed E-state index contributed by atoms with van der Waals surface area (Å²) in [6, 6.07) is 1.31. The second kappa shape index (κ2) is 5.89. The van der Waals surface area contributed by atoms with Crippen LogP contribution >= 0.6 is 0 Å². The van der Waals surface area contributed by atoms with Crippen LogP contribution in [0.2, 0.25) is 0 Å². The molecule has 1 aromatic rings. The summed E-state index contributed by atoms with van der Waals surface area (Å²) in [7, 11) is 0. The van der Waals surface area contributed by atoms with Crippen LogP contribution in [0.4, 0.5) is 14.5 Å². The molecule has 0 atom stereocenters. The third-order valence-electron chi connectivity index (χ3n) is 2.83. The fourth-order valence-electron chi connectivity index (χ4n) is 1.86. The summed E-state index contributed by atoms with van der Waals surface area (Å²) in [5.74, 6) is 4.59. The van der Waals surface area contributed by atoms with Gasteiger partial charge in [-0.3, -0.25) is 5.41 Å². The van der Waals surface area contributed by atoms with Crippen molar-refractivity contribution in [3.8, 4) is 0 Å². The van der Waals surface area contributed by atoms with Crippen molar-refractivity contribution in [2.45, 2.75) is 6.43 Å². The van der Waals surface area contributed by atoms with E-state index in [1.54, 1.807) is 0 Å². The number of aromatic nitrogens is 1. The van der Waals surface area contributed by atoms with Gasteiger partial charge in [0.2, 0.25) is 0 Å². The number of alkyl halides is 2. The zero-order valence-electron chi connectivity index (χ0n) is 10.1. The van der Waals surface area contributed by atoms with Gasteiger partial charge in [-0.1, -0.05) is 0 Å². The number of morpholine rings is 1. The molecule has 6 nitrogen and oxygen atoms in total. The monoisotopic (exact) mass is 272 g/mol. The van der Waals surface area contributed by atoms with E-state index in [1.165, 1.54) is 6.07 Å². The summed E-state index contributed by atoms with van der Waals surface area (Å²) in [6.07, 6.45) is -1.59. The van der Waals surface area contributed by atoms with Gasteiger partial charge in [0.05, 0.1) is 18.9 Å². The average molecular weight is 272 g/mol. The van der Waals surface area contributed by atoms with Crippen LogP contribution in [0.1, 0.15) is 17.7 Å². The molecule has 0 aliphatic carbocycles. The molecule has 1 saturated heterocycles. The predicted octanol–water partition coefficient (Wildman–Crippen LogP) is 1.07. The maximum Gasteiger partial charge on any atom is 0.265 e. The molecule has 1 aliphatic rings.